The Morgan fingerprint density at radius 2 is 1.96 bits per heavy atom. The molecule has 4 aromatic rings. The van der Waals surface area contributed by atoms with E-state index in [1.54, 1.807) is 24.4 Å². The molecule has 0 bridgehead atoms. The molecule has 0 saturated heterocycles. The van der Waals surface area contributed by atoms with Crippen molar-refractivity contribution in [2.45, 2.75) is 13.0 Å². The molecule has 0 unspecified atom stereocenters. The van der Waals surface area contributed by atoms with Crippen molar-refractivity contribution in [1.29, 1.82) is 0 Å². The average molecular weight is 375 g/mol. The second kappa shape index (κ2) is 7.40. The number of amides is 1. The van der Waals surface area contributed by atoms with Crippen LogP contribution in [-0.2, 0) is 13.0 Å². The van der Waals surface area contributed by atoms with Crippen molar-refractivity contribution < 1.29 is 14.3 Å². The van der Waals surface area contributed by atoms with E-state index < -0.39 is 17.2 Å². The van der Waals surface area contributed by atoms with Crippen LogP contribution in [-0.4, -0.2) is 21.0 Å². The zero-order valence-corrected chi connectivity index (χ0v) is 14.8. The molecule has 0 spiro atoms. The first kappa shape index (κ1) is 17.5. The number of fused-ring (bicyclic) bond motifs is 1. The molecule has 0 aliphatic carbocycles. The van der Waals surface area contributed by atoms with Gasteiger partial charge in [0.05, 0.1) is 18.3 Å². The van der Waals surface area contributed by atoms with E-state index in [9.17, 15) is 14.7 Å². The van der Waals surface area contributed by atoms with Gasteiger partial charge in [-0.2, -0.15) is 0 Å². The number of rotatable bonds is 5. The number of nitrogens with one attached hydrogen (secondary N) is 2. The van der Waals surface area contributed by atoms with Crippen LogP contribution in [0.2, 0.25) is 0 Å². The molecular weight excluding hydrogens is 358 g/mol. The Hall–Kier alpha value is -3.87. The Kier molecular flexibility index (Phi) is 4.63. The van der Waals surface area contributed by atoms with Crippen molar-refractivity contribution in [2.75, 3.05) is 0 Å². The topological polar surface area (TPSA) is 108 Å². The maximum absolute atomic E-state index is 12.4. The molecule has 28 heavy (non-hydrogen) atoms. The Balaban J connectivity index is 1.63. The van der Waals surface area contributed by atoms with Crippen LogP contribution in [0.25, 0.3) is 11.0 Å². The molecule has 1 amide bonds. The van der Waals surface area contributed by atoms with Crippen molar-refractivity contribution in [1.82, 2.24) is 15.3 Å². The zero-order chi connectivity index (χ0) is 19.5. The summed E-state index contributed by atoms with van der Waals surface area (Å²) in [6.07, 6.45) is 3.74. The van der Waals surface area contributed by atoms with Gasteiger partial charge in [-0.15, -0.1) is 0 Å². The van der Waals surface area contributed by atoms with Gasteiger partial charge in [0.2, 0.25) is 0 Å². The highest BCUT2D eigenvalue weighted by Gasteiger charge is 2.20. The summed E-state index contributed by atoms with van der Waals surface area (Å²) < 4.78 is 5.14. The molecule has 3 N–H and O–H groups in total. The van der Waals surface area contributed by atoms with E-state index >= 15 is 0 Å². The van der Waals surface area contributed by atoms with Crippen LogP contribution >= 0.6 is 0 Å². The van der Waals surface area contributed by atoms with Crippen LogP contribution in [0.5, 0.6) is 5.75 Å². The first-order valence-corrected chi connectivity index (χ1v) is 8.70. The maximum Gasteiger partial charge on any atom is 0.265 e. The summed E-state index contributed by atoms with van der Waals surface area (Å²) >= 11 is 0. The number of pyridine rings is 2. The van der Waals surface area contributed by atoms with E-state index in [4.69, 9.17) is 4.42 Å². The van der Waals surface area contributed by atoms with Gasteiger partial charge in [0.15, 0.2) is 5.75 Å². The van der Waals surface area contributed by atoms with Crippen molar-refractivity contribution in [2.24, 2.45) is 0 Å². The second-order valence-electron chi connectivity index (χ2n) is 6.34. The quantitative estimate of drug-likeness (QED) is 0.497. The molecule has 0 aliphatic rings. The predicted octanol–water partition coefficient (Wildman–Crippen LogP) is 2.74. The number of aromatic amines is 1. The van der Waals surface area contributed by atoms with Crippen LogP contribution < -0.4 is 10.9 Å². The zero-order valence-electron chi connectivity index (χ0n) is 14.8. The van der Waals surface area contributed by atoms with E-state index in [2.05, 4.69) is 15.3 Å². The summed E-state index contributed by atoms with van der Waals surface area (Å²) in [6, 6.07) is 15.0. The summed E-state index contributed by atoms with van der Waals surface area (Å²) in [5.41, 5.74) is 1.47. The first-order chi connectivity index (χ1) is 13.6. The summed E-state index contributed by atoms with van der Waals surface area (Å²) in [4.78, 5) is 31.7. The molecule has 0 radical (unpaired) electrons. The lowest BCUT2D eigenvalue weighted by Crippen LogP contribution is -2.29. The van der Waals surface area contributed by atoms with Crippen molar-refractivity contribution >= 4 is 16.9 Å². The number of H-pyrrole nitrogens is 1. The Bertz CT molecular complexity index is 1180. The number of carbonyl (C=O) groups excluding carboxylic acids is 1. The van der Waals surface area contributed by atoms with Gasteiger partial charge in [-0.3, -0.25) is 14.6 Å². The molecule has 3 aromatic heterocycles. The lowest BCUT2D eigenvalue weighted by Gasteiger charge is -2.09. The summed E-state index contributed by atoms with van der Waals surface area (Å²) in [7, 11) is 0. The third-order valence-corrected chi connectivity index (χ3v) is 4.36. The highest BCUT2D eigenvalue weighted by atomic mass is 16.3. The SMILES string of the molecule is O=C(NCc1ccco1)c1c(O)c2ncc(Cc3ccccc3)cc2[nH]c1=O. The van der Waals surface area contributed by atoms with E-state index in [0.29, 0.717) is 17.7 Å². The van der Waals surface area contributed by atoms with Crippen LogP contribution in [0.15, 0.2) is 70.2 Å². The van der Waals surface area contributed by atoms with Gasteiger partial charge in [0.1, 0.15) is 16.8 Å². The van der Waals surface area contributed by atoms with Crippen LogP contribution in [0.3, 0.4) is 0 Å². The number of aromatic hydroxyl groups is 1. The van der Waals surface area contributed by atoms with Crippen molar-refractivity contribution in [3.63, 3.8) is 0 Å². The van der Waals surface area contributed by atoms with E-state index in [-0.39, 0.29) is 17.6 Å². The molecule has 140 valence electrons. The largest absolute Gasteiger partial charge is 0.505 e. The third-order valence-electron chi connectivity index (χ3n) is 4.36. The van der Waals surface area contributed by atoms with E-state index in [0.717, 1.165) is 11.1 Å². The Labute approximate surface area is 159 Å². The van der Waals surface area contributed by atoms with Crippen molar-refractivity contribution in [3.05, 3.63) is 93.8 Å². The molecular formula is C21H17N3O4. The average Bonchev–Trinajstić information content (AvgIpc) is 3.20. The molecule has 0 aliphatic heterocycles. The molecule has 1 aromatic carbocycles. The van der Waals surface area contributed by atoms with Gasteiger partial charge in [-0.05, 0) is 35.7 Å². The van der Waals surface area contributed by atoms with Gasteiger partial charge in [0.25, 0.3) is 11.5 Å². The molecule has 4 rings (SSSR count). The minimum Gasteiger partial charge on any atom is -0.505 e. The van der Waals surface area contributed by atoms with E-state index in [1.807, 2.05) is 30.3 Å². The number of hydrogen-bond acceptors (Lipinski definition) is 5. The second-order valence-corrected chi connectivity index (χ2v) is 6.34. The summed E-state index contributed by atoms with van der Waals surface area (Å²) in [5.74, 6) is -0.608. The predicted molar refractivity (Wildman–Crippen MR) is 103 cm³/mol. The normalized spacial score (nSPS) is 10.9. The number of aromatic nitrogens is 2. The lowest BCUT2D eigenvalue weighted by atomic mass is 10.1. The Morgan fingerprint density at radius 1 is 1.14 bits per heavy atom. The minimum absolute atomic E-state index is 0.103. The first-order valence-electron chi connectivity index (χ1n) is 8.70. The molecule has 3 heterocycles. The van der Waals surface area contributed by atoms with Crippen LogP contribution in [0.1, 0.15) is 27.2 Å². The van der Waals surface area contributed by atoms with Crippen molar-refractivity contribution in [3.8, 4) is 5.75 Å². The van der Waals surface area contributed by atoms with Gasteiger partial charge >= 0.3 is 0 Å². The third kappa shape index (κ3) is 3.50. The molecule has 0 atom stereocenters. The lowest BCUT2D eigenvalue weighted by molar-refractivity contribution is 0.0944. The maximum atomic E-state index is 12.4. The standard InChI is InChI=1S/C21H17N3O4/c25-19-17(20(26)23-12-15-7-4-8-28-15)21(27)24-16-10-14(11-22-18(16)19)9-13-5-2-1-3-6-13/h1-8,10-11H,9,12H2,(H,23,26)(H2,24,25,27). The smallest absolute Gasteiger partial charge is 0.265 e. The molecule has 0 saturated carbocycles. The van der Waals surface area contributed by atoms with Gasteiger partial charge < -0.3 is 19.8 Å². The fourth-order valence-corrected chi connectivity index (χ4v) is 3.01. The molecule has 7 heteroatoms. The fraction of sp³-hybridized carbons (Fsp3) is 0.0952. The fourth-order valence-electron chi connectivity index (χ4n) is 3.01. The number of benzene rings is 1. The highest BCUT2D eigenvalue weighted by Crippen LogP contribution is 2.24. The van der Waals surface area contributed by atoms with Gasteiger partial charge in [-0.25, -0.2) is 0 Å². The number of furan rings is 1. The van der Waals surface area contributed by atoms with Gasteiger partial charge in [-0.1, -0.05) is 30.3 Å². The molecule has 0 fully saturated rings. The number of nitrogens with zero attached hydrogens (tertiary/aromatic N) is 1. The minimum atomic E-state index is -0.702. The summed E-state index contributed by atoms with van der Waals surface area (Å²) in [6.45, 7) is 0.103. The van der Waals surface area contributed by atoms with E-state index in [1.165, 1.54) is 6.26 Å². The Morgan fingerprint density at radius 3 is 2.71 bits per heavy atom. The monoisotopic (exact) mass is 375 g/mol. The summed E-state index contributed by atoms with van der Waals surface area (Å²) in [5, 5.41) is 13.0. The molecule has 7 nitrogen and oxygen atoms in total. The number of hydrogen-bond donors (Lipinski definition) is 3. The van der Waals surface area contributed by atoms with Gasteiger partial charge in [0, 0.05) is 6.20 Å². The van der Waals surface area contributed by atoms with Crippen LogP contribution in [0.4, 0.5) is 0 Å². The number of carbonyl (C=O) groups is 1. The van der Waals surface area contributed by atoms with Crippen LogP contribution in [0, 0.1) is 0 Å². The highest BCUT2D eigenvalue weighted by molar-refractivity contribution is 6.01.